The molecule has 0 aliphatic heterocycles. The van der Waals surface area contributed by atoms with Crippen LogP contribution in [0.1, 0.15) is 18.3 Å². The zero-order valence-corrected chi connectivity index (χ0v) is 8.91. The van der Waals surface area contributed by atoms with E-state index in [-0.39, 0.29) is 5.84 Å². The Morgan fingerprint density at radius 2 is 2.27 bits per heavy atom. The number of nitrogens with two attached hydrogens (primary N) is 1. The third-order valence-electron chi connectivity index (χ3n) is 2.57. The molecule has 2 rings (SSSR count). The van der Waals surface area contributed by atoms with Crippen LogP contribution in [0.25, 0.3) is 11.0 Å². The van der Waals surface area contributed by atoms with Gasteiger partial charge in [0.05, 0.1) is 11.0 Å². The highest BCUT2D eigenvalue weighted by Crippen LogP contribution is 2.17. The van der Waals surface area contributed by atoms with Gasteiger partial charge in [-0.15, -0.1) is 0 Å². The van der Waals surface area contributed by atoms with Crippen molar-refractivity contribution in [1.29, 1.82) is 5.41 Å². The van der Waals surface area contributed by atoms with E-state index in [2.05, 4.69) is 16.5 Å². The zero-order chi connectivity index (χ0) is 11.0. The van der Waals surface area contributed by atoms with Crippen LogP contribution in [-0.2, 0) is 6.54 Å². The molecule has 78 valence electrons. The number of aryl methyl sites for hydroxylation is 2. The summed E-state index contributed by atoms with van der Waals surface area (Å²) in [7, 11) is 0. The number of aromatic nitrogens is 2. The van der Waals surface area contributed by atoms with Crippen LogP contribution in [0.2, 0.25) is 0 Å². The molecule has 0 spiro atoms. The number of nitrogens with zero attached hydrogens (tertiary/aromatic N) is 2. The fourth-order valence-corrected chi connectivity index (χ4v) is 1.81. The van der Waals surface area contributed by atoms with E-state index in [4.69, 9.17) is 11.1 Å². The van der Waals surface area contributed by atoms with Gasteiger partial charge in [-0.3, -0.25) is 5.41 Å². The normalized spacial score (nSPS) is 10.8. The van der Waals surface area contributed by atoms with Crippen molar-refractivity contribution in [3.05, 3.63) is 29.6 Å². The topological polar surface area (TPSA) is 67.7 Å². The van der Waals surface area contributed by atoms with Crippen molar-refractivity contribution in [3.63, 3.8) is 0 Å². The molecule has 0 aliphatic rings. The Morgan fingerprint density at radius 3 is 2.87 bits per heavy atom. The highest BCUT2D eigenvalue weighted by Gasteiger charge is 2.07. The molecule has 0 bridgehead atoms. The Bertz CT molecular complexity index is 525. The zero-order valence-electron chi connectivity index (χ0n) is 8.91. The van der Waals surface area contributed by atoms with Gasteiger partial charge in [-0.05, 0) is 32.0 Å². The van der Waals surface area contributed by atoms with Crippen LogP contribution in [0.4, 0.5) is 0 Å². The van der Waals surface area contributed by atoms with Gasteiger partial charge in [0.1, 0.15) is 11.7 Å². The largest absolute Gasteiger partial charge is 0.384 e. The lowest BCUT2D eigenvalue weighted by Gasteiger charge is -2.03. The third-order valence-corrected chi connectivity index (χ3v) is 2.57. The van der Waals surface area contributed by atoms with Crippen molar-refractivity contribution >= 4 is 16.9 Å². The molecule has 0 saturated carbocycles. The molecule has 4 nitrogen and oxygen atoms in total. The van der Waals surface area contributed by atoms with Crippen molar-refractivity contribution in [2.75, 3.05) is 0 Å². The Balaban J connectivity index is 2.73. The van der Waals surface area contributed by atoms with Crippen LogP contribution < -0.4 is 5.73 Å². The molecule has 0 saturated heterocycles. The van der Waals surface area contributed by atoms with Gasteiger partial charge in [0.2, 0.25) is 0 Å². The van der Waals surface area contributed by atoms with Gasteiger partial charge in [0.15, 0.2) is 0 Å². The lowest BCUT2D eigenvalue weighted by molar-refractivity contribution is 0.753. The number of amidine groups is 1. The smallest absolute Gasteiger partial charge is 0.122 e. The van der Waals surface area contributed by atoms with Gasteiger partial charge in [-0.2, -0.15) is 0 Å². The molecular formula is C11H14N4. The van der Waals surface area contributed by atoms with Crippen molar-refractivity contribution in [2.45, 2.75) is 20.4 Å². The molecule has 0 unspecified atom stereocenters. The van der Waals surface area contributed by atoms with Gasteiger partial charge in [-0.1, -0.05) is 0 Å². The Hall–Kier alpha value is -1.84. The minimum Gasteiger partial charge on any atom is -0.384 e. The first-order valence-electron chi connectivity index (χ1n) is 4.94. The van der Waals surface area contributed by atoms with E-state index in [1.54, 1.807) is 0 Å². The first-order chi connectivity index (χ1) is 7.13. The number of benzene rings is 1. The van der Waals surface area contributed by atoms with Crippen LogP contribution in [0.5, 0.6) is 0 Å². The minimum atomic E-state index is 0.0957. The standard InChI is InChI=1S/C11H14N4/c1-3-15-7(2)14-9-5-4-8(11(12)13)6-10(9)15/h4-6H,3H2,1-2H3,(H3,12,13). The average Bonchev–Trinajstić information content (AvgIpc) is 2.51. The number of rotatable bonds is 2. The second-order valence-electron chi connectivity index (χ2n) is 3.52. The lowest BCUT2D eigenvalue weighted by atomic mass is 10.2. The molecule has 0 fully saturated rings. The van der Waals surface area contributed by atoms with Crippen LogP contribution in [0.15, 0.2) is 18.2 Å². The van der Waals surface area contributed by atoms with E-state index < -0.39 is 0 Å². The molecular weight excluding hydrogens is 188 g/mol. The predicted octanol–water partition coefficient (Wildman–Crippen LogP) is 1.65. The van der Waals surface area contributed by atoms with E-state index in [9.17, 15) is 0 Å². The Morgan fingerprint density at radius 1 is 1.53 bits per heavy atom. The van der Waals surface area contributed by atoms with Crippen molar-refractivity contribution in [2.24, 2.45) is 5.73 Å². The van der Waals surface area contributed by atoms with E-state index >= 15 is 0 Å². The summed E-state index contributed by atoms with van der Waals surface area (Å²) in [6, 6.07) is 5.66. The number of hydrogen-bond acceptors (Lipinski definition) is 2. The Kier molecular flexibility index (Phi) is 2.19. The summed E-state index contributed by atoms with van der Waals surface area (Å²) >= 11 is 0. The predicted molar refractivity (Wildman–Crippen MR) is 61.2 cm³/mol. The molecule has 3 N–H and O–H groups in total. The summed E-state index contributed by atoms with van der Waals surface area (Å²) in [5.41, 5.74) is 8.21. The number of imidazole rings is 1. The maximum absolute atomic E-state index is 7.39. The van der Waals surface area contributed by atoms with Crippen molar-refractivity contribution < 1.29 is 0 Å². The monoisotopic (exact) mass is 202 g/mol. The second kappa shape index (κ2) is 3.38. The third kappa shape index (κ3) is 1.48. The van der Waals surface area contributed by atoms with Gasteiger partial charge >= 0.3 is 0 Å². The molecule has 0 amide bonds. The van der Waals surface area contributed by atoms with Crippen LogP contribution in [-0.4, -0.2) is 15.4 Å². The summed E-state index contributed by atoms with van der Waals surface area (Å²) in [6.07, 6.45) is 0. The summed E-state index contributed by atoms with van der Waals surface area (Å²) in [6.45, 7) is 4.94. The van der Waals surface area contributed by atoms with Crippen LogP contribution in [0.3, 0.4) is 0 Å². The fraction of sp³-hybridized carbons (Fsp3) is 0.273. The first kappa shape index (κ1) is 9.71. The van der Waals surface area contributed by atoms with Crippen LogP contribution >= 0.6 is 0 Å². The SMILES string of the molecule is CCn1c(C)nc2ccc(C(=N)N)cc21. The quantitative estimate of drug-likeness (QED) is 0.574. The van der Waals surface area contributed by atoms with E-state index in [0.29, 0.717) is 0 Å². The maximum Gasteiger partial charge on any atom is 0.122 e. The number of nitrogens with one attached hydrogen (secondary N) is 1. The number of nitrogen functional groups attached to an aromatic ring is 1. The molecule has 1 aromatic heterocycles. The van der Waals surface area contributed by atoms with Crippen LogP contribution in [0, 0.1) is 12.3 Å². The van der Waals surface area contributed by atoms with Crippen molar-refractivity contribution in [3.8, 4) is 0 Å². The average molecular weight is 202 g/mol. The number of hydrogen-bond donors (Lipinski definition) is 2. The molecule has 2 aromatic rings. The molecule has 1 heterocycles. The minimum absolute atomic E-state index is 0.0957. The number of fused-ring (bicyclic) bond motifs is 1. The first-order valence-corrected chi connectivity index (χ1v) is 4.94. The van der Waals surface area contributed by atoms with E-state index in [1.807, 2.05) is 25.1 Å². The van der Waals surface area contributed by atoms with Gasteiger partial charge < -0.3 is 10.3 Å². The summed E-state index contributed by atoms with van der Waals surface area (Å²) in [4.78, 5) is 4.44. The molecule has 0 radical (unpaired) electrons. The van der Waals surface area contributed by atoms with Gasteiger partial charge in [-0.25, -0.2) is 4.98 Å². The summed E-state index contributed by atoms with van der Waals surface area (Å²) in [5.74, 6) is 1.09. The van der Waals surface area contributed by atoms with Crippen molar-refractivity contribution in [1.82, 2.24) is 9.55 Å². The molecule has 0 atom stereocenters. The molecule has 1 aromatic carbocycles. The fourth-order valence-electron chi connectivity index (χ4n) is 1.81. The molecule has 4 heteroatoms. The second-order valence-corrected chi connectivity index (χ2v) is 3.52. The molecule has 0 aliphatic carbocycles. The van der Waals surface area contributed by atoms with Gasteiger partial charge in [0.25, 0.3) is 0 Å². The maximum atomic E-state index is 7.39. The van der Waals surface area contributed by atoms with Gasteiger partial charge in [0, 0.05) is 12.1 Å². The highest BCUT2D eigenvalue weighted by molar-refractivity contribution is 5.98. The Labute approximate surface area is 88.2 Å². The summed E-state index contributed by atoms with van der Waals surface area (Å²) in [5, 5.41) is 7.39. The van der Waals surface area contributed by atoms with E-state index in [0.717, 1.165) is 29.0 Å². The summed E-state index contributed by atoms with van der Waals surface area (Å²) < 4.78 is 2.11. The molecule has 15 heavy (non-hydrogen) atoms. The highest BCUT2D eigenvalue weighted by atomic mass is 15.1. The van der Waals surface area contributed by atoms with E-state index in [1.165, 1.54) is 0 Å². The lowest BCUT2D eigenvalue weighted by Crippen LogP contribution is -2.10.